The van der Waals surface area contributed by atoms with Gasteiger partial charge in [0.25, 0.3) is 0 Å². The van der Waals surface area contributed by atoms with Crippen molar-refractivity contribution in [3.8, 4) is 16.9 Å². The number of para-hydroxylation sites is 1. The molecule has 9 heteroatoms. The van der Waals surface area contributed by atoms with Crippen LogP contribution >= 0.6 is 27.3 Å². The summed E-state index contributed by atoms with van der Waals surface area (Å²) in [4.78, 5) is 18.8. The lowest BCUT2D eigenvalue weighted by Gasteiger charge is -2.22. The number of carbonyl (C=O) groups is 1. The summed E-state index contributed by atoms with van der Waals surface area (Å²) < 4.78 is 11.3. The van der Waals surface area contributed by atoms with Crippen molar-refractivity contribution < 1.29 is 9.53 Å². The van der Waals surface area contributed by atoms with E-state index < -0.39 is 5.97 Å². The van der Waals surface area contributed by atoms with Crippen LogP contribution in [0.5, 0.6) is 0 Å². The lowest BCUT2D eigenvalue weighted by Crippen LogP contribution is -2.27. The topological polar surface area (TPSA) is 73.5 Å². The first-order valence-corrected chi connectivity index (χ1v) is 12.6. The fraction of sp³-hybridized carbons (Fsp3) is 0.240. The van der Waals surface area contributed by atoms with E-state index in [1.807, 2.05) is 42.6 Å². The zero-order valence-corrected chi connectivity index (χ0v) is 21.7. The van der Waals surface area contributed by atoms with E-state index in [4.69, 9.17) is 9.72 Å². The summed E-state index contributed by atoms with van der Waals surface area (Å²) in [6.07, 6.45) is 1.85. The lowest BCUT2D eigenvalue weighted by atomic mass is 10.1. The molecular weight excluding hydrogens is 514 g/mol. The highest BCUT2D eigenvalue weighted by Gasteiger charge is 2.28. The van der Waals surface area contributed by atoms with E-state index in [0.717, 1.165) is 31.2 Å². The average Bonchev–Trinajstić information content (AvgIpc) is 3.46. The Balaban J connectivity index is 1.77. The maximum Gasteiger partial charge on any atom is 0.359 e. The Kier molecular flexibility index (Phi) is 5.69. The predicted octanol–water partition coefficient (Wildman–Crippen LogP) is 6.55. The number of aromatic nitrogens is 4. The van der Waals surface area contributed by atoms with Crippen LogP contribution in [0, 0.1) is 0 Å². The Labute approximate surface area is 209 Å². The van der Waals surface area contributed by atoms with Crippen LogP contribution in [0.3, 0.4) is 0 Å². The number of halogens is 1. The summed E-state index contributed by atoms with van der Waals surface area (Å²) in [6, 6.07) is 16.0. The molecule has 5 rings (SSSR count). The molecule has 5 aromatic rings. The molecule has 0 spiro atoms. The highest BCUT2D eigenvalue weighted by molar-refractivity contribution is 9.10. The minimum Gasteiger partial charge on any atom is -0.461 e. The molecule has 3 aromatic heterocycles. The molecule has 0 amide bonds. The maximum absolute atomic E-state index is 12.9. The Hall–Kier alpha value is -3.17. The van der Waals surface area contributed by atoms with E-state index in [1.54, 1.807) is 22.9 Å². The number of thiazole rings is 1. The van der Waals surface area contributed by atoms with Crippen molar-refractivity contribution in [1.82, 2.24) is 19.2 Å². The lowest BCUT2D eigenvalue weighted by molar-refractivity contribution is 0.0520. The zero-order chi connectivity index (χ0) is 24.0. The number of nitrogens with zero attached hydrogens (tertiary/aromatic N) is 4. The maximum atomic E-state index is 12.9. The van der Waals surface area contributed by atoms with Gasteiger partial charge in [-0.3, -0.25) is 4.40 Å². The smallest absolute Gasteiger partial charge is 0.359 e. The summed E-state index contributed by atoms with van der Waals surface area (Å²) in [7, 11) is 0. The van der Waals surface area contributed by atoms with Crippen LogP contribution in [-0.4, -0.2) is 37.3 Å². The number of carbonyl (C=O) groups excluding carboxylic acids is 1. The summed E-state index contributed by atoms with van der Waals surface area (Å²) in [5.74, 6) is 0.345. The van der Waals surface area contributed by atoms with Crippen LogP contribution in [0.15, 0.2) is 59.2 Å². The Morgan fingerprint density at radius 3 is 2.59 bits per heavy atom. The number of nitrogens with one attached hydrogen (secondary N) is 1. The number of benzene rings is 2. The monoisotopic (exact) mass is 537 g/mol. The van der Waals surface area contributed by atoms with Crippen molar-refractivity contribution in [2.24, 2.45) is 0 Å². The fourth-order valence-electron chi connectivity index (χ4n) is 3.80. The molecule has 0 radical (unpaired) electrons. The van der Waals surface area contributed by atoms with E-state index in [9.17, 15) is 4.79 Å². The molecule has 0 fully saturated rings. The second-order valence-corrected chi connectivity index (χ2v) is 10.8. The van der Waals surface area contributed by atoms with Crippen molar-refractivity contribution in [3.63, 3.8) is 0 Å². The molecule has 3 heterocycles. The number of imidazole rings is 1. The number of anilines is 1. The summed E-state index contributed by atoms with van der Waals surface area (Å²) >= 11 is 5.08. The molecule has 0 bridgehead atoms. The van der Waals surface area contributed by atoms with E-state index in [1.165, 1.54) is 0 Å². The third kappa shape index (κ3) is 4.10. The van der Waals surface area contributed by atoms with E-state index in [2.05, 4.69) is 63.7 Å². The van der Waals surface area contributed by atoms with Crippen LogP contribution in [0.2, 0.25) is 0 Å². The number of hydrogen-bond donors (Lipinski definition) is 1. The second kappa shape index (κ2) is 8.56. The largest absolute Gasteiger partial charge is 0.461 e. The molecule has 0 unspecified atom stereocenters. The molecule has 0 saturated carbocycles. The van der Waals surface area contributed by atoms with Gasteiger partial charge in [-0.2, -0.15) is 5.10 Å². The second-order valence-electron chi connectivity index (χ2n) is 8.90. The molecule has 2 aromatic carbocycles. The number of fused-ring (bicyclic) bond motifs is 3. The predicted molar refractivity (Wildman–Crippen MR) is 140 cm³/mol. The zero-order valence-electron chi connectivity index (χ0n) is 19.3. The minimum absolute atomic E-state index is 0.233. The third-order valence-electron chi connectivity index (χ3n) is 5.18. The first kappa shape index (κ1) is 22.6. The number of ether oxygens (including phenoxy) is 1. The molecule has 0 aliphatic carbocycles. The van der Waals surface area contributed by atoms with Crippen LogP contribution in [-0.2, 0) is 4.74 Å². The van der Waals surface area contributed by atoms with Gasteiger partial charge in [-0.25, -0.2) is 14.5 Å². The molecule has 0 saturated heterocycles. The van der Waals surface area contributed by atoms with Crippen molar-refractivity contribution in [2.75, 3.05) is 11.9 Å². The van der Waals surface area contributed by atoms with Gasteiger partial charge in [0.1, 0.15) is 11.5 Å². The van der Waals surface area contributed by atoms with Crippen molar-refractivity contribution in [2.45, 2.75) is 33.2 Å². The Morgan fingerprint density at radius 1 is 1.15 bits per heavy atom. The average molecular weight is 538 g/mol. The van der Waals surface area contributed by atoms with Gasteiger partial charge in [-0.05, 0) is 64.1 Å². The first-order chi connectivity index (χ1) is 16.2. The molecule has 174 valence electrons. The highest BCUT2D eigenvalue weighted by atomic mass is 79.9. The quantitative estimate of drug-likeness (QED) is 0.257. The van der Waals surface area contributed by atoms with Gasteiger partial charge in [0.15, 0.2) is 10.7 Å². The van der Waals surface area contributed by atoms with E-state index >= 15 is 0 Å². The van der Waals surface area contributed by atoms with Crippen molar-refractivity contribution in [1.29, 1.82) is 0 Å². The standard InChI is InChI=1S/C25H24BrN5O2S/c1-5-33-23(32)21-17(14-30(29-21)16-12-10-15(26)11-13-16)20-22(28-25(2,3)4)31-18-8-6-7-9-19(18)34-24(31)27-20/h6-14,28H,5H2,1-4H3. The van der Waals surface area contributed by atoms with Gasteiger partial charge in [0.05, 0.1) is 28.1 Å². The van der Waals surface area contributed by atoms with E-state index in [0.29, 0.717) is 11.3 Å². The number of rotatable bonds is 5. The first-order valence-electron chi connectivity index (χ1n) is 11.0. The third-order valence-corrected chi connectivity index (χ3v) is 6.73. The van der Waals surface area contributed by atoms with Crippen LogP contribution < -0.4 is 5.32 Å². The van der Waals surface area contributed by atoms with Gasteiger partial charge in [-0.1, -0.05) is 39.4 Å². The van der Waals surface area contributed by atoms with Crippen molar-refractivity contribution >= 4 is 54.2 Å². The molecule has 0 aliphatic heterocycles. The van der Waals surface area contributed by atoms with Gasteiger partial charge in [-0.15, -0.1) is 0 Å². The Bertz CT molecular complexity index is 1510. The van der Waals surface area contributed by atoms with Crippen molar-refractivity contribution in [3.05, 3.63) is 64.9 Å². The molecule has 1 N–H and O–H groups in total. The molecule has 0 atom stereocenters. The fourth-order valence-corrected chi connectivity index (χ4v) is 5.09. The van der Waals surface area contributed by atoms with Crippen LogP contribution in [0.4, 0.5) is 5.82 Å². The molecule has 34 heavy (non-hydrogen) atoms. The van der Waals surface area contributed by atoms with Crippen LogP contribution in [0.25, 0.3) is 32.1 Å². The minimum atomic E-state index is -0.476. The number of esters is 1. The molecule has 7 nitrogen and oxygen atoms in total. The normalized spacial score (nSPS) is 11.9. The van der Waals surface area contributed by atoms with Gasteiger partial charge in [0.2, 0.25) is 0 Å². The van der Waals surface area contributed by atoms with Gasteiger partial charge in [0, 0.05) is 16.2 Å². The molecule has 0 aliphatic rings. The Morgan fingerprint density at radius 2 is 1.88 bits per heavy atom. The van der Waals surface area contributed by atoms with Gasteiger partial charge < -0.3 is 10.1 Å². The summed E-state index contributed by atoms with van der Waals surface area (Å²) in [5.41, 5.74) is 3.17. The van der Waals surface area contributed by atoms with Gasteiger partial charge >= 0.3 is 5.97 Å². The highest BCUT2D eigenvalue weighted by Crippen LogP contribution is 2.38. The van der Waals surface area contributed by atoms with E-state index in [-0.39, 0.29) is 17.8 Å². The summed E-state index contributed by atoms with van der Waals surface area (Å²) in [5, 5.41) is 8.23. The molecular formula is C25H24BrN5O2S. The van der Waals surface area contributed by atoms with Crippen LogP contribution in [0.1, 0.15) is 38.2 Å². The summed E-state index contributed by atoms with van der Waals surface area (Å²) in [6.45, 7) is 8.35. The SMILES string of the molecule is CCOC(=O)c1nn(-c2ccc(Br)cc2)cc1-c1nc2sc3ccccc3n2c1NC(C)(C)C. The number of hydrogen-bond acceptors (Lipinski definition) is 6.